The standard InChI is InChI=1S/C19H24N4O2/c1-14(2)12-18(24)22-8-10-23(11-9-22)19(25)17-13-16(20-21-17)15-6-4-3-5-7-15/h3-7,13-14H,8-12H2,1-2H3,(H,20,21). The molecule has 0 saturated carbocycles. The molecule has 2 heterocycles. The lowest BCUT2D eigenvalue weighted by Crippen LogP contribution is -2.50. The van der Waals surface area contributed by atoms with E-state index < -0.39 is 0 Å². The minimum Gasteiger partial charge on any atom is -0.339 e. The number of carbonyl (C=O) groups is 2. The highest BCUT2D eigenvalue weighted by Crippen LogP contribution is 2.18. The van der Waals surface area contributed by atoms with E-state index in [4.69, 9.17) is 0 Å². The first kappa shape index (κ1) is 17.2. The molecular weight excluding hydrogens is 316 g/mol. The van der Waals surface area contributed by atoms with Crippen LogP contribution in [-0.4, -0.2) is 58.0 Å². The molecule has 132 valence electrons. The molecular formula is C19H24N4O2. The van der Waals surface area contributed by atoms with Crippen molar-refractivity contribution in [3.05, 3.63) is 42.1 Å². The Morgan fingerprint density at radius 1 is 1.08 bits per heavy atom. The lowest BCUT2D eigenvalue weighted by molar-refractivity contribution is -0.133. The number of hydrogen-bond acceptors (Lipinski definition) is 3. The first-order chi connectivity index (χ1) is 12.0. The predicted octanol–water partition coefficient (Wildman–Crippen LogP) is 2.41. The van der Waals surface area contributed by atoms with Crippen LogP contribution in [0.3, 0.4) is 0 Å². The SMILES string of the molecule is CC(C)CC(=O)N1CCN(C(=O)c2cc(-c3ccccc3)n[nH]2)CC1. The summed E-state index contributed by atoms with van der Waals surface area (Å²) in [6.45, 7) is 6.39. The van der Waals surface area contributed by atoms with E-state index in [9.17, 15) is 9.59 Å². The maximum Gasteiger partial charge on any atom is 0.272 e. The molecule has 1 aliphatic heterocycles. The largest absolute Gasteiger partial charge is 0.339 e. The van der Waals surface area contributed by atoms with Crippen LogP contribution in [0.25, 0.3) is 11.3 Å². The molecule has 3 rings (SSSR count). The summed E-state index contributed by atoms with van der Waals surface area (Å²) in [7, 11) is 0. The zero-order valence-corrected chi connectivity index (χ0v) is 14.7. The van der Waals surface area contributed by atoms with Gasteiger partial charge in [-0.1, -0.05) is 44.2 Å². The van der Waals surface area contributed by atoms with Crippen LogP contribution in [0.1, 0.15) is 30.8 Å². The molecule has 1 N–H and O–H groups in total. The lowest BCUT2D eigenvalue weighted by Gasteiger charge is -2.34. The Morgan fingerprint density at radius 2 is 1.72 bits per heavy atom. The Bertz CT molecular complexity index is 731. The molecule has 1 saturated heterocycles. The first-order valence-electron chi connectivity index (χ1n) is 8.72. The lowest BCUT2D eigenvalue weighted by atomic mass is 10.1. The molecule has 25 heavy (non-hydrogen) atoms. The number of H-pyrrole nitrogens is 1. The quantitative estimate of drug-likeness (QED) is 0.929. The molecule has 1 aliphatic rings. The monoisotopic (exact) mass is 340 g/mol. The maximum absolute atomic E-state index is 12.6. The minimum absolute atomic E-state index is 0.0642. The molecule has 1 aromatic heterocycles. The fraction of sp³-hybridized carbons (Fsp3) is 0.421. The van der Waals surface area contributed by atoms with Gasteiger partial charge in [0.2, 0.25) is 5.91 Å². The summed E-state index contributed by atoms with van der Waals surface area (Å²) >= 11 is 0. The summed E-state index contributed by atoms with van der Waals surface area (Å²) in [4.78, 5) is 28.4. The van der Waals surface area contributed by atoms with Crippen molar-refractivity contribution in [1.82, 2.24) is 20.0 Å². The molecule has 0 unspecified atom stereocenters. The number of benzene rings is 1. The number of nitrogens with zero attached hydrogens (tertiary/aromatic N) is 3. The number of amides is 2. The molecule has 0 radical (unpaired) electrons. The van der Waals surface area contributed by atoms with Crippen molar-refractivity contribution in [2.24, 2.45) is 5.92 Å². The van der Waals surface area contributed by atoms with E-state index >= 15 is 0 Å². The normalized spacial score (nSPS) is 14.8. The van der Waals surface area contributed by atoms with Crippen molar-refractivity contribution in [3.8, 4) is 11.3 Å². The third kappa shape index (κ3) is 4.07. The fourth-order valence-electron chi connectivity index (χ4n) is 3.00. The molecule has 0 spiro atoms. The van der Waals surface area contributed by atoms with Crippen LogP contribution in [0.5, 0.6) is 0 Å². The Hall–Kier alpha value is -2.63. The molecule has 0 atom stereocenters. The van der Waals surface area contributed by atoms with Gasteiger partial charge in [-0.25, -0.2) is 0 Å². The number of piperazine rings is 1. The summed E-state index contributed by atoms with van der Waals surface area (Å²) in [6, 6.07) is 11.5. The second-order valence-electron chi connectivity index (χ2n) is 6.80. The van der Waals surface area contributed by atoms with Gasteiger partial charge < -0.3 is 9.80 Å². The van der Waals surface area contributed by atoms with E-state index in [0.717, 1.165) is 11.3 Å². The van der Waals surface area contributed by atoms with Crippen LogP contribution < -0.4 is 0 Å². The highest BCUT2D eigenvalue weighted by Gasteiger charge is 2.26. The van der Waals surface area contributed by atoms with Gasteiger partial charge in [0.1, 0.15) is 5.69 Å². The van der Waals surface area contributed by atoms with Crippen molar-refractivity contribution in [2.45, 2.75) is 20.3 Å². The molecule has 6 nitrogen and oxygen atoms in total. The van der Waals surface area contributed by atoms with Crippen LogP contribution in [0.15, 0.2) is 36.4 Å². The smallest absolute Gasteiger partial charge is 0.272 e. The third-order valence-electron chi connectivity index (χ3n) is 4.38. The molecule has 2 amide bonds. The van der Waals surface area contributed by atoms with Gasteiger partial charge in [0.05, 0.1) is 5.69 Å². The highest BCUT2D eigenvalue weighted by molar-refractivity contribution is 5.93. The molecule has 1 aromatic carbocycles. The van der Waals surface area contributed by atoms with E-state index in [0.29, 0.717) is 44.2 Å². The van der Waals surface area contributed by atoms with E-state index in [1.54, 1.807) is 11.0 Å². The molecule has 2 aromatic rings. The summed E-state index contributed by atoms with van der Waals surface area (Å²) in [5, 5.41) is 7.08. The van der Waals surface area contributed by atoms with Crippen molar-refractivity contribution in [3.63, 3.8) is 0 Å². The third-order valence-corrected chi connectivity index (χ3v) is 4.38. The van der Waals surface area contributed by atoms with Gasteiger partial charge in [0.25, 0.3) is 5.91 Å². The van der Waals surface area contributed by atoms with Crippen LogP contribution in [-0.2, 0) is 4.79 Å². The topological polar surface area (TPSA) is 69.3 Å². The van der Waals surface area contributed by atoms with Gasteiger partial charge >= 0.3 is 0 Å². The van der Waals surface area contributed by atoms with Gasteiger partial charge in [-0.3, -0.25) is 14.7 Å². The van der Waals surface area contributed by atoms with E-state index in [1.165, 1.54) is 0 Å². The fourth-order valence-corrected chi connectivity index (χ4v) is 3.00. The molecule has 0 bridgehead atoms. The average molecular weight is 340 g/mol. The molecule has 6 heteroatoms. The summed E-state index contributed by atoms with van der Waals surface area (Å²) in [6.07, 6.45) is 0.564. The molecule has 1 fully saturated rings. The van der Waals surface area contributed by atoms with Crippen LogP contribution in [0.2, 0.25) is 0 Å². The van der Waals surface area contributed by atoms with Crippen LogP contribution >= 0.6 is 0 Å². The Kier molecular flexibility index (Phi) is 5.16. The van der Waals surface area contributed by atoms with E-state index in [1.807, 2.05) is 49.1 Å². The average Bonchev–Trinajstić information content (AvgIpc) is 3.11. The summed E-state index contributed by atoms with van der Waals surface area (Å²) in [5.41, 5.74) is 2.22. The van der Waals surface area contributed by atoms with Crippen molar-refractivity contribution in [2.75, 3.05) is 26.2 Å². The van der Waals surface area contributed by atoms with E-state index in [2.05, 4.69) is 10.2 Å². The number of rotatable bonds is 4. The van der Waals surface area contributed by atoms with E-state index in [-0.39, 0.29) is 11.8 Å². The van der Waals surface area contributed by atoms with Gasteiger partial charge in [-0.15, -0.1) is 0 Å². The summed E-state index contributed by atoms with van der Waals surface area (Å²) < 4.78 is 0. The Balaban J connectivity index is 1.60. The predicted molar refractivity (Wildman–Crippen MR) is 96.0 cm³/mol. The first-order valence-corrected chi connectivity index (χ1v) is 8.72. The highest BCUT2D eigenvalue weighted by atomic mass is 16.2. The van der Waals surface area contributed by atoms with Crippen molar-refractivity contribution >= 4 is 11.8 Å². The maximum atomic E-state index is 12.6. The minimum atomic E-state index is -0.0642. The van der Waals surface area contributed by atoms with Crippen LogP contribution in [0, 0.1) is 5.92 Å². The Morgan fingerprint density at radius 3 is 2.36 bits per heavy atom. The number of carbonyl (C=O) groups excluding carboxylic acids is 2. The number of aromatic amines is 1. The van der Waals surface area contributed by atoms with Gasteiger partial charge in [-0.2, -0.15) is 5.10 Å². The Labute approximate surface area is 147 Å². The number of hydrogen-bond donors (Lipinski definition) is 1. The zero-order chi connectivity index (χ0) is 17.8. The van der Waals surface area contributed by atoms with Gasteiger partial charge in [-0.05, 0) is 12.0 Å². The van der Waals surface area contributed by atoms with Gasteiger partial charge in [0.15, 0.2) is 0 Å². The second kappa shape index (κ2) is 7.51. The number of nitrogens with one attached hydrogen (secondary N) is 1. The summed E-state index contributed by atoms with van der Waals surface area (Å²) in [5.74, 6) is 0.467. The van der Waals surface area contributed by atoms with Crippen molar-refractivity contribution < 1.29 is 9.59 Å². The molecule has 0 aliphatic carbocycles. The number of aromatic nitrogens is 2. The van der Waals surface area contributed by atoms with Crippen molar-refractivity contribution in [1.29, 1.82) is 0 Å². The van der Waals surface area contributed by atoms with Gasteiger partial charge in [0, 0.05) is 38.2 Å². The second-order valence-corrected chi connectivity index (χ2v) is 6.80. The van der Waals surface area contributed by atoms with Crippen LogP contribution in [0.4, 0.5) is 0 Å². The zero-order valence-electron chi connectivity index (χ0n) is 14.7.